The first-order chi connectivity index (χ1) is 16.7. The fourth-order valence-corrected chi connectivity index (χ4v) is 5.34. The molecule has 0 saturated carbocycles. The molecule has 8 heteroatoms. The van der Waals surface area contributed by atoms with E-state index in [1.807, 2.05) is 66.9 Å². The van der Waals surface area contributed by atoms with Crippen LogP contribution in [0.1, 0.15) is 27.4 Å². The van der Waals surface area contributed by atoms with E-state index in [9.17, 15) is 4.79 Å². The maximum atomic E-state index is 13.2. The lowest BCUT2D eigenvalue weighted by Gasteiger charge is -2.09. The highest BCUT2D eigenvalue weighted by molar-refractivity contribution is 8.00. The van der Waals surface area contributed by atoms with E-state index in [1.165, 1.54) is 0 Å². The molecule has 0 spiro atoms. The van der Waals surface area contributed by atoms with Crippen LogP contribution in [0, 0.1) is 6.92 Å². The Hall–Kier alpha value is -3.62. The molecule has 0 unspecified atom stereocenters. The molecular weight excluding hydrogens is 466 g/mol. The number of thiazole rings is 1. The number of para-hydroxylation sites is 1. The molecule has 0 aliphatic heterocycles. The van der Waals surface area contributed by atoms with Gasteiger partial charge in [-0.1, -0.05) is 42.1 Å². The summed E-state index contributed by atoms with van der Waals surface area (Å²) < 4.78 is 12.8. The zero-order valence-corrected chi connectivity index (χ0v) is 20.0. The molecule has 0 atom stereocenters. The zero-order chi connectivity index (χ0) is 23.3. The number of thioether (sulfide) groups is 1. The lowest BCUT2D eigenvalue weighted by atomic mass is 10.1. The van der Waals surface area contributed by atoms with Crippen molar-refractivity contribution in [1.29, 1.82) is 0 Å². The van der Waals surface area contributed by atoms with Crippen LogP contribution in [-0.2, 0) is 12.4 Å². The monoisotopic (exact) mass is 487 g/mol. The van der Waals surface area contributed by atoms with E-state index in [1.54, 1.807) is 41.6 Å². The summed E-state index contributed by atoms with van der Waals surface area (Å²) in [5.41, 5.74) is 4.13. The van der Waals surface area contributed by atoms with Crippen molar-refractivity contribution < 1.29 is 13.9 Å². The number of nitrogens with zero attached hydrogens (tertiary/aromatic N) is 2. The summed E-state index contributed by atoms with van der Waals surface area (Å²) in [5.74, 6) is 1.25. The molecule has 5 rings (SSSR count). The number of aromatic nitrogens is 2. The quantitative estimate of drug-likeness (QED) is 0.245. The van der Waals surface area contributed by atoms with Crippen LogP contribution in [0.5, 0.6) is 5.75 Å². The Labute approximate surface area is 205 Å². The molecule has 5 aromatic rings. The molecule has 2 aromatic carbocycles. The summed E-state index contributed by atoms with van der Waals surface area (Å²) in [5, 5.41) is 5.91. The van der Waals surface area contributed by atoms with Crippen LogP contribution < -0.4 is 10.1 Å². The third-order valence-electron chi connectivity index (χ3n) is 5.06. The Bertz CT molecular complexity index is 1430. The number of carbonyl (C=O) groups is 1. The molecule has 3 heterocycles. The van der Waals surface area contributed by atoms with E-state index in [-0.39, 0.29) is 5.91 Å². The number of furan rings is 1. The van der Waals surface area contributed by atoms with Crippen molar-refractivity contribution in [3.63, 3.8) is 0 Å². The predicted molar refractivity (Wildman–Crippen MR) is 136 cm³/mol. The van der Waals surface area contributed by atoms with E-state index >= 15 is 0 Å². The highest BCUT2D eigenvalue weighted by Crippen LogP contribution is 2.33. The summed E-state index contributed by atoms with van der Waals surface area (Å²) in [6.45, 7) is 2.37. The number of amides is 1. The molecule has 0 aliphatic carbocycles. The number of benzene rings is 2. The smallest absolute Gasteiger partial charge is 0.291 e. The highest BCUT2D eigenvalue weighted by Gasteiger charge is 2.21. The van der Waals surface area contributed by atoms with E-state index < -0.39 is 0 Å². The van der Waals surface area contributed by atoms with Gasteiger partial charge in [0, 0.05) is 57.5 Å². The minimum atomic E-state index is -0.300. The van der Waals surface area contributed by atoms with Crippen LogP contribution in [0.3, 0.4) is 0 Å². The number of pyridine rings is 1. The van der Waals surface area contributed by atoms with E-state index in [2.05, 4.69) is 15.3 Å². The van der Waals surface area contributed by atoms with Gasteiger partial charge in [-0.3, -0.25) is 9.78 Å². The summed E-state index contributed by atoms with van der Waals surface area (Å²) >= 11 is 3.20. The molecule has 0 aliphatic rings. The predicted octanol–water partition coefficient (Wildman–Crippen LogP) is 6.72. The molecule has 170 valence electrons. The fraction of sp³-hybridized carbons (Fsp3) is 0.115. The first-order valence-electron chi connectivity index (χ1n) is 10.6. The van der Waals surface area contributed by atoms with Crippen LogP contribution in [0.15, 0.2) is 87.2 Å². The Morgan fingerprint density at radius 3 is 2.88 bits per heavy atom. The number of rotatable bonds is 8. The van der Waals surface area contributed by atoms with E-state index in [0.717, 1.165) is 26.5 Å². The summed E-state index contributed by atoms with van der Waals surface area (Å²) in [4.78, 5) is 21.8. The van der Waals surface area contributed by atoms with Crippen LogP contribution in [0.2, 0.25) is 0 Å². The molecule has 0 radical (unpaired) electrons. The standard InChI is InChI=1S/C26H21N3O3S2/c1-17-15-33-26(28-17)34-16-22-21-9-2-3-10-23(21)32-24(22)25(30)29-19-7-4-8-20(12-19)31-14-18-6-5-11-27-13-18/h2-13,15H,14,16H2,1H3,(H,29,30). The number of nitrogens with one attached hydrogen (secondary N) is 1. The van der Waals surface area contributed by atoms with Crippen molar-refractivity contribution in [2.45, 2.75) is 23.6 Å². The van der Waals surface area contributed by atoms with Crippen LogP contribution in [0.4, 0.5) is 5.69 Å². The van der Waals surface area contributed by atoms with Gasteiger partial charge < -0.3 is 14.5 Å². The molecule has 6 nitrogen and oxygen atoms in total. The topological polar surface area (TPSA) is 77.2 Å². The first kappa shape index (κ1) is 22.2. The molecule has 0 saturated heterocycles. The van der Waals surface area contributed by atoms with Crippen molar-refractivity contribution in [2.75, 3.05) is 5.32 Å². The van der Waals surface area contributed by atoms with Gasteiger partial charge in [0.15, 0.2) is 5.76 Å². The van der Waals surface area contributed by atoms with Gasteiger partial charge in [-0.25, -0.2) is 4.98 Å². The molecule has 3 aromatic heterocycles. The van der Waals surface area contributed by atoms with Gasteiger partial charge in [-0.15, -0.1) is 11.3 Å². The summed E-state index contributed by atoms with van der Waals surface area (Å²) in [7, 11) is 0. The van der Waals surface area contributed by atoms with Gasteiger partial charge in [-0.05, 0) is 31.2 Å². The van der Waals surface area contributed by atoms with Crippen LogP contribution >= 0.6 is 23.1 Å². The molecule has 0 bridgehead atoms. The second-order valence-electron chi connectivity index (χ2n) is 7.58. The maximum Gasteiger partial charge on any atom is 0.291 e. The van der Waals surface area contributed by atoms with Crippen LogP contribution in [-0.4, -0.2) is 15.9 Å². The maximum absolute atomic E-state index is 13.2. The van der Waals surface area contributed by atoms with Gasteiger partial charge in [0.2, 0.25) is 0 Å². The van der Waals surface area contributed by atoms with Crippen molar-refractivity contribution in [3.8, 4) is 5.75 Å². The van der Waals surface area contributed by atoms with E-state index in [4.69, 9.17) is 9.15 Å². The zero-order valence-electron chi connectivity index (χ0n) is 18.4. The van der Waals surface area contributed by atoms with E-state index in [0.29, 0.717) is 35.1 Å². The molecule has 1 N–H and O–H groups in total. The van der Waals surface area contributed by atoms with Gasteiger partial charge in [0.25, 0.3) is 5.91 Å². The molecule has 34 heavy (non-hydrogen) atoms. The van der Waals surface area contributed by atoms with Gasteiger partial charge >= 0.3 is 0 Å². The Balaban J connectivity index is 1.34. The fourth-order valence-electron chi connectivity index (χ4n) is 3.46. The minimum absolute atomic E-state index is 0.300. The number of hydrogen-bond donors (Lipinski definition) is 1. The third kappa shape index (κ3) is 5.13. The molecular formula is C26H21N3O3S2. The Kier molecular flexibility index (Phi) is 6.60. The van der Waals surface area contributed by atoms with Crippen molar-refractivity contribution in [1.82, 2.24) is 9.97 Å². The molecule has 1 amide bonds. The summed E-state index contributed by atoms with van der Waals surface area (Å²) in [6, 6.07) is 18.8. The second-order valence-corrected chi connectivity index (χ2v) is 9.66. The Morgan fingerprint density at radius 2 is 2.06 bits per heavy atom. The number of carbonyl (C=O) groups excluding carboxylic acids is 1. The third-order valence-corrected chi connectivity index (χ3v) is 7.23. The number of anilines is 1. The van der Waals surface area contributed by atoms with Crippen LogP contribution in [0.25, 0.3) is 11.0 Å². The lowest BCUT2D eigenvalue weighted by Crippen LogP contribution is -2.13. The van der Waals surface area contributed by atoms with Crippen molar-refractivity contribution in [3.05, 3.63) is 101 Å². The number of fused-ring (bicyclic) bond motifs is 1. The van der Waals surface area contributed by atoms with Crippen molar-refractivity contribution >= 4 is 45.7 Å². The number of aryl methyl sites for hydroxylation is 1. The highest BCUT2D eigenvalue weighted by atomic mass is 32.2. The first-order valence-corrected chi connectivity index (χ1v) is 12.5. The average molecular weight is 488 g/mol. The van der Waals surface area contributed by atoms with Gasteiger partial charge in [-0.2, -0.15) is 0 Å². The number of ether oxygens (including phenoxy) is 1. The largest absolute Gasteiger partial charge is 0.489 e. The normalized spacial score (nSPS) is 11.0. The lowest BCUT2D eigenvalue weighted by molar-refractivity contribution is 0.0998. The summed E-state index contributed by atoms with van der Waals surface area (Å²) in [6.07, 6.45) is 3.49. The second kappa shape index (κ2) is 10.1. The SMILES string of the molecule is Cc1csc(SCc2c(C(=O)Nc3cccc(OCc4cccnc4)c3)oc3ccccc23)n1. The van der Waals surface area contributed by atoms with Gasteiger partial charge in [0.05, 0.1) is 0 Å². The average Bonchev–Trinajstić information content (AvgIpc) is 3.45. The van der Waals surface area contributed by atoms with Crippen molar-refractivity contribution in [2.24, 2.45) is 0 Å². The number of hydrogen-bond acceptors (Lipinski definition) is 7. The minimum Gasteiger partial charge on any atom is -0.489 e. The molecule has 0 fully saturated rings. The van der Waals surface area contributed by atoms with Gasteiger partial charge in [0.1, 0.15) is 22.3 Å². The Morgan fingerprint density at radius 1 is 1.15 bits per heavy atom.